The monoisotopic (exact) mass is 348 g/mol. The van der Waals surface area contributed by atoms with Crippen LogP contribution >= 0.6 is 11.6 Å². The Labute approximate surface area is 148 Å². The first-order chi connectivity index (χ1) is 11.6. The summed E-state index contributed by atoms with van der Waals surface area (Å²) in [6.07, 6.45) is 7.43. The molecule has 0 unspecified atom stereocenters. The molecule has 2 aliphatic rings. The molecule has 0 atom stereocenters. The van der Waals surface area contributed by atoms with Crippen molar-refractivity contribution >= 4 is 23.4 Å². The minimum atomic E-state index is 0.00337. The zero-order valence-electron chi connectivity index (χ0n) is 14.0. The molecule has 1 saturated heterocycles. The van der Waals surface area contributed by atoms with Crippen molar-refractivity contribution in [1.82, 2.24) is 10.2 Å². The Bertz CT molecular complexity index is 591. The molecular weight excluding hydrogens is 324 g/mol. The Kier molecular flexibility index (Phi) is 5.77. The largest absolute Gasteiger partial charge is 0.353 e. The topological polar surface area (TPSA) is 49.4 Å². The van der Waals surface area contributed by atoms with Gasteiger partial charge in [-0.1, -0.05) is 36.9 Å². The number of nitrogens with zero attached hydrogens (tertiary/aromatic N) is 1. The van der Waals surface area contributed by atoms with Gasteiger partial charge in [-0.2, -0.15) is 0 Å². The molecule has 2 fully saturated rings. The van der Waals surface area contributed by atoms with Gasteiger partial charge in [0.05, 0.1) is 0 Å². The highest BCUT2D eigenvalue weighted by atomic mass is 35.5. The van der Waals surface area contributed by atoms with E-state index in [1.807, 2.05) is 4.90 Å². The van der Waals surface area contributed by atoms with Crippen molar-refractivity contribution in [3.63, 3.8) is 0 Å². The van der Waals surface area contributed by atoms with Gasteiger partial charge in [0.15, 0.2) is 0 Å². The normalized spacial score (nSPS) is 20.0. The van der Waals surface area contributed by atoms with Gasteiger partial charge >= 0.3 is 0 Å². The summed E-state index contributed by atoms with van der Waals surface area (Å²) in [7, 11) is 0. The van der Waals surface area contributed by atoms with E-state index in [1.54, 1.807) is 24.3 Å². The summed E-state index contributed by atoms with van der Waals surface area (Å²) in [4.78, 5) is 26.8. The molecule has 1 saturated carbocycles. The maximum absolute atomic E-state index is 12.5. The number of hydrogen-bond donors (Lipinski definition) is 1. The molecule has 1 heterocycles. The minimum Gasteiger partial charge on any atom is -0.353 e. The summed E-state index contributed by atoms with van der Waals surface area (Å²) in [5.74, 6) is 0.218. The molecule has 1 aliphatic heterocycles. The van der Waals surface area contributed by atoms with Gasteiger partial charge in [0.2, 0.25) is 5.91 Å². The second-order valence-corrected chi connectivity index (χ2v) is 7.36. The van der Waals surface area contributed by atoms with Crippen LogP contribution in [0.5, 0.6) is 0 Å². The van der Waals surface area contributed by atoms with Gasteiger partial charge in [-0.3, -0.25) is 9.59 Å². The lowest BCUT2D eigenvalue weighted by molar-refractivity contribution is -0.127. The second-order valence-electron chi connectivity index (χ2n) is 6.92. The van der Waals surface area contributed by atoms with Crippen LogP contribution in [-0.4, -0.2) is 35.8 Å². The fourth-order valence-corrected chi connectivity index (χ4v) is 3.91. The molecule has 2 amide bonds. The molecule has 3 rings (SSSR count). The maximum atomic E-state index is 12.5. The van der Waals surface area contributed by atoms with Crippen LogP contribution in [0.3, 0.4) is 0 Å². The summed E-state index contributed by atoms with van der Waals surface area (Å²) in [5, 5.41) is 3.78. The third-order valence-corrected chi connectivity index (χ3v) is 5.41. The van der Waals surface area contributed by atoms with E-state index in [1.165, 1.54) is 19.3 Å². The number of carbonyl (C=O) groups is 2. The van der Waals surface area contributed by atoms with E-state index in [2.05, 4.69) is 5.32 Å². The van der Waals surface area contributed by atoms with Crippen molar-refractivity contribution in [1.29, 1.82) is 0 Å². The first-order valence-electron chi connectivity index (χ1n) is 8.99. The number of hydrogen-bond acceptors (Lipinski definition) is 2. The van der Waals surface area contributed by atoms with E-state index in [-0.39, 0.29) is 17.7 Å². The predicted molar refractivity (Wildman–Crippen MR) is 95.1 cm³/mol. The lowest BCUT2D eigenvalue weighted by atomic mass is 9.92. The fourth-order valence-electron chi connectivity index (χ4n) is 3.71. The molecule has 0 spiro atoms. The number of benzene rings is 1. The molecule has 1 N–H and O–H groups in total. The summed E-state index contributed by atoms with van der Waals surface area (Å²) in [6, 6.07) is 7.40. The highest BCUT2D eigenvalue weighted by Crippen LogP contribution is 2.22. The maximum Gasteiger partial charge on any atom is 0.253 e. The highest BCUT2D eigenvalue weighted by molar-refractivity contribution is 6.30. The first kappa shape index (κ1) is 17.3. The van der Waals surface area contributed by atoms with Crippen molar-refractivity contribution < 1.29 is 9.59 Å². The van der Waals surface area contributed by atoms with Gasteiger partial charge < -0.3 is 10.2 Å². The summed E-state index contributed by atoms with van der Waals surface area (Å²) < 4.78 is 0. The van der Waals surface area contributed by atoms with Crippen LogP contribution in [0.25, 0.3) is 0 Å². The fraction of sp³-hybridized carbons (Fsp3) is 0.579. The Balaban J connectivity index is 1.50. The van der Waals surface area contributed by atoms with Crippen LogP contribution in [0.1, 0.15) is 55.3 Å². The number of amides is 2. The van der Waals surface area contributed by atoms with Gasteiger partial charge in [-0.05, 0) is 43.9 Å². The molecule has 0 aromatic heterocycles. The number of likely N-dealkylation sites (tertiary alicyclic amines) is 1. The van der Waals surface area contributed by atoms with Crippen LogP contribution < -0.4 is 5.32 Å². The number of rotatable bonds is 3. The lowest BCUT2D eigenvalue weighted by Crippen LogP contribution is -2.45. The Hall–Kier alpha value is -1.55. The van der Waals surface area contributed by atoms with E-state index in [9.17, 15) is 9.59 Å². The molecule has 130 valence electrons. The van der Waals surface area contributed by atoms with Crippen molar-refractivity contribution in [2.45, 2.75) is 51.0 Å². The van der Waals surface area contributed by atoms with Crippen LogP contribution in [0.15, 0.2) is 24.3 Å². The summed E-state index contributed by atoms with van der Waals surface area (Å²) >= 11 is 5.96. The SMILES string of the molecule is O=C(NC1CCCCC1)C1CCN(C(=O)c2cccc(Cl)c2)CC1. The average Bonchev–Trinajstić information content (AvgIpc) is 2.62. The molecule has 24 heavy (non-hydrogen) atoms. The third kappa shape index (κ3) is 4.29. The van der Waals surface area contributed by atoms with Crippen LogP contribution in [0.4, 0.5) is 0 Å². The molecule has 4 nitrogen and oxygen atoms in total. The standard InChI is InChI=1S/C19H25ClN2O2/c20-16-6-4-5-15(13-16)19(24)22-11-9-14(10-12-22)18(23)21-17-7-2-1-3-8-17/h4-6,13-14,17H,1-3,7-12H2,(H,21,23). The van der Waals surface area contributed by atoms with Crippen molar-refractivity contribution in [2.24, 2.45) is 5.92 Å². The predicted octanol–water partition coefficient (Wildman–Crippen LogP) is 3.64. The van der Waals surface area contributed by atoms with Crippen molar-refractivity contribution in [3.05, 3.63) is 34.9 Å². The third-order valence-electron chi connectivity index (χ3n) is 5.18. The van der Waals surface area contributed by atoms with Crippen LogP contribution in [0, 0.1) is 5.92 Å². The number of carbonyl (C=O) groups excluding carboxylic acids is 2. The molecule has 0 radical (unpaired) electrons. The molecule has 1 aromatic rings. The van der Waals surface area contributed by atoms with Crippen molar-refractivity contribution in [3.8, 4) is 0 Å². The molecule has 0 bridgehead atoms. The van der Waals surface area contributed by atoms with E-state index < -0.39 is 0 Å². The number of nitrogens with one attached hydrogen (secondary N) is 1. The second kappa shape index (κ2) is 8.02. The van der Waals surface area contributed by atoms with Crippen molar-refractivity contribution in [2.75, 3.05) is 13.1 Å². The lowest BCUT2D eigenvalue weighted by Gasteiger charge is -2.33. The van der Waals surface area contributed by atoms with E-state index >= 15 is 0 Å². The van der Waals surface area contributed by atoms with E-state index in [4.69, 9.17) is 11.6 Å². The van der Waals surface area contributed by atoms with E-state index in [0.29, 0.717) is 29.7 Å². The summed E-state index contributed by atoms with van der Waals surface area (Å²) in [5.41, 5.74) is 0.618. The summed E-state index contributed by atoms with van der Waals surface area (Å²) in [6.45, 7) is 1.27. The molecule has 5 heteroatoms. The zero-order chi connectivity index (χ0) is 16.9. The Morgan fingerprint density at radius 2 is 1.75 bits per heavy atom. The van der Waals surface area contributed by atoms with Gasteiger partial charge in [0.25, 0.3) is 5.91 Å². The minimum absolute atomic E-state index is 0.00337. The zero-order valence-corrected chi connectivity index (χ0v) is 14.7. The van der Waals surface area contributed by atoms with Gasteiger partial charge in [0, 0.05) is 35.6 Å². The molecule has 1 aliphatic carbocycles. The van der Waals surface area contributed by atoms with Gasteiger partial charge in [-0.25, -0.2) is 0 Å². The van der Waals surface area contributed by atoms with Gasteiger partial charge in [-0.15, -0.1) is 0 Å². The average molecular weight is 349 g/mol. The van der Waals surface area contributed by atoms with Crippen LogP contribution in [0.2, 0.25) is 5.02 Å². The van der Waals surface area contributed by atoms with Gasteiger partial charge in [0.1, 0.15) is 0 Å². The smallest absolute Gasteiger partial charge is 0.253 e. The molecule has 1 aromatic carbocycles. The molecular formula is C19H25ClN2O2. The highest BCUT2D eigenvalue weighted by Gasteiger charge is 2.29. The Morgan fingerprint density at radius 3 is 2.42 bits per heavy atom. The number of halogens is 1. The quantitative estimate of drug-likeness (QED) is 0.906. The van der Waals surface area contributed by atoms with Crippen LogP contribution in [-0.2, 0) is 4.79 Å². The number of piperidine rings is 1. The first-order valence-corrected chi connectivity index (χ1v) is 9.36. The van der Waals surface area contributed by atoms with E-state index in [0.717, 1.165) is 25.7 Å². The Morgan fingerprint density at radius 1 is 1.04 bits per heavy atom.